The maximum atomic E-state index is 12.2. The largest absolute Gasteiger partial charge is 0.508 e. The van der Waals surface area contributed by atoms with Gasteiger partial charge in [-0.15, -0.1) is 0 Å². The quantitative estimate of drug-likeness (QED) is 0.679. The lowest BCUT2D eigenvalue weighted by atomic mass is 10.1. The van der Waals surface area contributed by atoms with Crippen molar-refractivity contribution in [1.82, 2.24) is 19.3 Å². The molecule has 0 radical (unpaired) electrons. The molecule has 1 saturated heterocycles. The van der Waals surface area contributed by atoms with Gasteiger partial charge < -0.3 is 19.6 Å². The van der Waals surface area contributed by atoms with Crippen molar-refractivity contribution < 1.29 is 14.6 Å². The molecule has 160 valence electrons. The van der Waals surface area contributed by atoms with Crippen LogP contribution >= 0.6 is 0 Å². The van der Waals surface area contributed by atoms with Crippen LogP contribution in [0.5, 0.6) is 5.75 Å². The van der Waals surface area contributed by atoms with E-state index in [0.29, 0.717) is 43.2 Å². The van der Waals surface area contributed by atoms with Gasteiger partial charge >= 0.3 is 6.09 Å². The molecule has 3 aromatic heterocycles. The number of nitrogens with zero attached hydrogens (tertiary/aromatic N) is 6. The lowest BCUT2D eigenvalue weighted by Gasteiger charge is -2.36. The van der Waals surface area contributed by atoms with Crippen LogP contribution in [0.2, 0.25) is 0 Å². The van der Waals surface area contributed by atoms with Crippen LogP contribution in [0, 0.1) is 11.3 Å². The maximum Gasteiger partial charge on any atom is 0.410 e. The van der Waals surface area contributed by atoms with Gasteiger partial charge in [-0.25, -0.2) is 14.8 Å². The van der Waals surface area contributed by atoms with Gasteiger partial charge in [0.15, 0.2) is 0 Å². The van der Waals surface area contributed by atoms with Gasteiger partial charge in [-0.1, -0.05) is 0 Å². The van der Waals surface area contributed by atoms with Gasteiger partial charge in [-0.05, 0) is 32.9 Å². The number of carbonyl (C=O) groups is 1. The van der Waals surface area contributed by atoms with Gasteiger partial charge in [0, 0.05) is 50.1 Å². The third-order valence-electron chi connectivity index (χ3n) is 5.01. The fraction of sp³-hybridized carbons (Fsp3) is 0.364. The smallest absolute Gasteiger partial charge is 0.410 e. The molecule has 4 rings (SSSR count). The summed E-state index contributed by atoms with van der Waals surface area (Å²) in [5.41, 5.74) is 1.76. The summed E-state index contributed by atoms with van der Waals surface area (Å²) in [6.07, 6.45) is 2.90. The minimum Gasteiger partial charge on any atom is -0.508 e. The number of ether oxygens (including phenoxy) is 1. The number of amides is 1. The number of anilines is 1. The summed E-state index contributed by atoms with van der Waals surface area (Å²) in [4.78, 5) is 24.8. The predicted molar refractivity (Wildman–Crippen MR) is 115 cm³/mol. The molecule has 31 heavy (non-hydrogen) atoms. The van der Waals surface area contributed by atoms with E-state index < -0.39 is 5.60 Å². The molecule has 0 aliphatic carbocycles. The highest BCUT2D eigenvalue weighted by Gasteiger charge is 2.26. The van der Waals surface area contributed by atoms with Crippen LogP contribution in [-0.2, 0) is 4.74 Å². The highest BCUT2D eigenvalue weighted by atomic mass is 16.6. The molecule has 1 fully saturated rings. The standard InChI is InChI=1S/C22H24N6O3/c1-22(2,3)31-21(30)27-8-6-26(7-9-27)19-5-4-15(13-24-19)18-10-17(29)11-20-25-14-16(12-23)28(18)20/h4-5,10-11,13-14,29H,6-9H2,1-3H3. The van der Waals surface area contributed by atoms with Gasteiger partial charge in [-0.3, -0.25) is 4.40 Å². The van der Waals surface area contributed by atoms with Crippen molar-refractivity contribution in [3.05, 3.63) is 42.4 Å². The van der Waals surface area contributed by atoms with Crippen molar-refractivity contribution in [2.75, 3.05) is 31.1 Å². The molecular weight excluding hydrogens is 396 g/mol. The van der Waals surface area contributed by atoms with Gasteiger partial charge in [0.1, 0.15) is 34.6 Å². The van der Waals surface area contributed by atoms with E-state index >= 15 is 0 Å². The first-order valence-electron chi connectivity index (χ1n) is 10.0. The van der Waals surface area contributed by atoms with Crippen LogP contribution < -0.4 is 4.90 Å². The number of carbonyl (C=O) groups excluding carboxylic acids is 1. The summed E-state index contributed by atoms with van der Waals surface area (Å²) >= 11 is 0. The van der Waals surface area contributed by atoms with E-state index in [1.807, 2.05) is 32.9 Å². The number of imidazole rings is 1. The minimum absolute atomic E-state index is 0.0694. The van der Waals surface area contributed by atoms with E-state index in [2.05, 4.69) is 20.9 Å². The Morgan fingerprint density at radius 3 is 2.48 bits per heavy atom. The molecule has 0 unspecified atom stereocenters. The Morgan fingerprint density at radius 2 is 1.87 bits per heavy atom. The maximum absolute atomic E-state index is 12.2. The number of aromatic hydroxyl groups is 1. The average Bonchev–Trinajstić information content (AvgIpc) is 3.15. The molecule has 0 spiro atoms. The second-order valence-corrected chi connectivity index (χ2v) is 8.41. The van der Waals surface area contributed by atoms with Crippen LogP contribution in [0.3, 0.4) is 0 Å². The second-order valence-electron chi connectivity index (χ2n) is 8.41. The number of aromatic nitrogens is 3. The molecule has 0 aromatic carbocycles. The zero-order valence-electron chi connectivity index (χ0n) is 17.7. The minimum atomic E-state index is -0.510. The normalized spacial score (nSPS) is 14.5. The number of pyridine rings is 2. The zero-order chi connectivity index (χ0) is 22.2. The fourth-order valence-corrected chi connectivity index (χ4v) is 3.56. The molecule has 1 aliphatic rings. The number of hydrogen-bond acceptors (Lipinski definition) is 7. The summed E-state index contributed by atoms with van der Waals surface area (Å²) < 4.78 is 7.13. The van der Waals surface area contributed by atoms with Crippen LogP contribution in [-0.4, -0.2) is 62.2 Å². The molecule has 0 saturated carbocycles. The number of fused-ring (bicyclic) bond motifs is 1. The Balaban J connectivity index is 1.50. The summed E-state index contributed by atoms with van der Waals surface area (Å²) in [6, 6.07) is 9.02. The van der Waals surface area contributed by atoms with Crippen molar-refractivity contribution in [2.24, 2.45) is 0 Å². The molecular formula is C22H24N6O3. The van der Waals surface area contributed by atoms with Gasteiger partial charge in [0.2, 0.25) is 0 Å². The Bertz CT molecular complexity index is 1150. The molecule has 1 N–H and O–H groups in total. The Hall–Kier alpha value is -3.80. The topological polar surface area (TPSA) is 107 Å². The predicted octanol–water partition coefficient (Wildman–Crippen LogP) is 3.03. The zero-order valence-corrected chi connectivity index (χ0v) is 17.7. The first-order valence-corrected chi connectivity index (χ1v) is 10.0. The number of hydrogen-bond donors (Lipinski definition) is 1. The lowest BCUT2D eigenvalue weighted by Crippen LogP contribution is -2.50. The third kappa shape index (κ3) is 4.23. The molecule has 3 aromatic rings. The average molecular weight is 420 g/mol. The molecule has 9 nitrogen and oxygen atoms in total. The third-order valence-corrected chi connectivity index (χ3v) is 5.01. The Kier molecular flexibility index (Phi) is 5.15. The van der Waals surface area contributed by atoms with E-state index in [4.69, 9.17) is 4.74 Å². The molecule has 0 atom stereocenters. The Labute approximate surface area is 180 Å². The first kappa shape index (κ1) is 20.5. The van der Waals surface area contributed by atoms with Crippen LogP contribution in [0.1, 0.15) is 26.5 Å². The van der Waals surface area contributed by atoms with Crippen molar-refractivity contribution in [3.8, 4) is 23.1 Å². The van der Waals surface area contributed by atoms with E-state index in [1.54, 1.807) is 21.6 Å². The van der Waals surface area contributed by atoms with Crippen LogP contribution in [0.4, 0.5) is 10.6 Å². The highest BCUT2D eigenvalue weighted by molar-refractivity contribution is 5.69. The summed E-state index contributed by atoms with van der Waals surface area (Å²) in [7, 11) is 0. The van der Waals surface area contributed by atoms with Crippen molar-refractivity contribution in [2.45, 2.75) is 26.4 Å². The SMILES string of the molecule is CC(C)(C)OC(=O)N1CCN(c2ccc(-c3cc(O)cc4ncc(C#N)n34)cn2)CC1. The Morgan fingerprint density at radius 1 is 1.13 bits per heavy atom. The lowest BCUT2D eigenvalue weighted by molar-refractivity contribution is 0.0240. The van der Waals surface area contributed by atoms with E-state index in [9.17, 15) is 15.2 Å². The molecule has 1 amide bonds. The van der Waals surface area contributed by atoms with Gasteiger partial charge in [-0.2, -0.15) is 5.26 Å². The van der Waals surface area contributed by atoms with Crippen LogP contribution in [0.25, 0.3) is 16.9 Å². The highest BCUT2D eigenvalue weighted by Crippen LogP contribution is 2.28. The van der Waals surface area contributed by atoms with E-state index in [1.165, 1.54) is 12.3 Å². The monoisotopic (exact) mass is 420 g/mol. The van der Waals surface area contributed by atoms with Crippen molar-refractivity contribution in [1.29, 1.82) is 5.26 Å². The molecule has 0 bridgehead atoms. The number of nitriles is 1. The summed E-state index contributed by atoms with van der Waals surface area (Å²) in [6.45, 7) is 8.00. The van der Waals surface area contributed by atoms with Crippen molar-refractivity contribution >= 4 is 17.6 Å². The summed E-state index contributed by atoms with van der Waals surface area (Å²) in [5, 5.41) is 19.4. The molecule has 4 heterocycles. The molecule has 9 heteroatoms. The number of piperazine rings is 1. The van der Waals surface area contributed by atoms with Crippen LogP contribution in [0.15, 0.2) is 36.7 Å². The molecule has 1 aliphatic heterocycles. The first-order chi connectivity index (χ1) is 14.7. The van der Waals surface area contributed by atoms with Gasteiger partial charge in [0.05, 0.1) is 11.9 Å². The summed E-state index contributed by atoms with van der Waals surface area (Å²) in [5.74, 6) is 0.870. The number of rotatable bonds is 2. The van der Waals surface area contributed by atoms with E-state index in [0.717, 1.165) is 11.4 Å². The van der Waals surface area contributed by atoms with E-state index in [-0.39, 0.29) is 11.8 Å². The van der Waals surface area contributed by atoms with Gasteiger partial charge in [0.25, 0.3) is 0 Å². The second kappa shape index (κ2) is 7.80. The van der Waals surface area contributed by atoms with Crippen molar-refractivity contribution in [3.63, 3.8) is 0 Å². The fourth-order valence-electron chi connectivity index (χ4n) is 3.56.